The van der Waals surface area contributed by atoms with Gasteiger partial charge in [0.25, 0.3) is 0 Å². The van der Waals surface area contributed by atoms with Crippen LogP contribution in [0, 0.1) is 6.92 Å². The van der Waals surface area contributed by atoms with Gasteiger partial charge in [-0.3, -0.25) is 0 Å². The fourth-order valence-electron chi connectivity index (χ4n) is 5.28. The van der Waals surface area contributed by atoms with Crippen LogP contribution in [0.5, 0.6) is 0 Å². The summed E-state index contributed by atoms with van der Waals surface area (Å²) in [6, 6.07) is 2.91. The van der Waals surface area contributed by atoms with Crippen molar-refractivity contribution in [1.29, 1.82) is 0 Å². The highest BCUT2D eigenvalue weighted by atomic mass is 32.2. The molecule has 0 spiro atoms. The molecule has 1 aliphatic heterocycles. The molecule has 1 aromatic carbocycles. The molecule has 2 aliphatic carbocycles. The Balaban J connectivity index is 1.41. The van der Waals surface area contributed by atoms with Crippen LogP contribution in [0.4, 0.5) is 16.2 Å². The van der Waals surface area contributed by atoms with Gasteiger partial charge in [-0.1, -0.05) is 6.07 Å². The summed E-state index contributed by atoms with van der Waals surface area (Å²) in [5, 5.41) is 2.91. The highest BCUT2D eigenvalue weighted by molar-refractivity contribution is 7.91. The van der Waals surface area contributed by atoms with E-state index in [0.717, 1.165) is 55.3 Å². The Bertz CT molecular complexity index is 1100. The third-order valence-electron chi connectivity index (χ3n) is 6.69. The number of furan rings is 1. The van der Waals surface area contributed by atoms with E-state index in [2.05, 4.69) is 16.1 Å². The van der Waals surface area contributed by atoms with Crippen molar-refractivity contribution in [2.45, 2.75) is 64.3 Å². The minimum atomic E-state index is -4.15. The maximum absolute atomic E-state index is 13.4. The molecule has 2 N–H and O–H groups in total. The van der Waals surface area contributed by atoms with Crippen LogP contribution in [0.25, 0.3) is 0 Å². The maximum Gasteiger partial charge on any atom is 0.334 e. The summed E-state index contributed by atoms with van der Waals surface area (Å²) in [5.74, 6) is 0.604. The van der Waals surface area contributed by atoms with Crippen molar-refractivity contribution >= 4 is 27.6 Å². The van der Waals surface area contributed by atoms with Gasteiger partial charge in [0, 0.05) is 25.0 Å². The van der Waals surface area contributed by atoms with Crippen LogP contribution in [0.1, 0.15) is 53.7 Å². The van der Waals surface area contributed by atoms with E-state index in [1.807, 2.05) is 0 Å². The number of urea groups is 1. The summed E-state index contributed by atoms with van der Waals surface area (Å²) in [7, 11) is -4.15. The lowest BCUT2D eigenvalue weighted by Crippen LogP contribution is -2.51. The molecule has 5 rings (SSSR count). The van der Waals surface area contributed by atoms with Crippen molar-refractivity contribution in [2.24, 2.45) is 0 Å². The predicted molar refractivity (Wildman–Crippen MR) is 121 cm³/mol. The second-order valence-electron chi connectivity index (χ2n) is 8.85. The van der Waals surface area contributed by atoms with Crippen LogP contribution in [0.3, 0.4) is 0 Å². The molecule has 0 atom stereocenters. The Morgan fingerprint density at radius 2 is 1.69 bits per heavy atom. The predicted octanol–water partition coefficient (Wildman–Crippen LogP) is 3.62. The summed E-state index contributed by atoms with van der Waals surface area (Å²) in [6.45, 7) is 2.71. The largest absolute Gasteiger partial charge is 0.467 e. The molecule has 9 heteroatoms. The standard InChI is InChI=1S/C23H29N3O5S/c1-15-12-19(14-31-15)26(18-8-10-30-11-9-18)32(28,29)25-23(27)24-22-20-6-2-4-16(20)13-17-5-3-7-21(17)22/h12-14,18H,2-11H2,1H3,(H2,24,25,27). The zero-order valence-corrected chi connectivity index (χ0v) is 19.1. The topological polar surface area (TPSA) is 101 Å². The van der Waals surface area contributed by atoms with Gasteiger partial charge in [-0.2, -0.15) is 8.42 Å². The van der Waals surface area contributed by atoms with Crippen molar-refractivity contribution in [3.8, 4) is 0 Å². The summed E-state index contributed by atoms with van der Waals surface area (Å²) < 4.78 is 41.1. The van der Waals surface area contributed by atoms with Crippen LogP contribution in [-0.4, -0.2) is 33.7 Å². The summed E-state index contributed by atoms with van der Waals surface area (Å²) >= 11 is 0. The minimum Gasteiger partial charge on any atom is -0.467 e. The Morgan fingerprint density at radius 3 is 2.28 bits per heavy atom. The first-order chi connectivity index (χ1) is 15.4. The third-order valence-corrected chi connectivity index (χ3v) is 8.16. The van der Waals surface area contributed by atoms with Crippen LogP contribution < -0.4 is 14.3 Å². The number of carbonyl (C=O) groups is 1. The molecule has 1 aromatic heterocycles. The van der Waals surface area contributed by atoms with Crippen LogP contribution in [0.2, 0.25) is 0 Å². The molecule has 32 heavy (non-hydrogen) atoms. The first kappa shape index (κ1) is 21.3. The van der Waals surface area contributed by atoms with E-state index in [9.17, 15) is 13.2 Å². The smallest absolute Gasteiger partial charge is 0.334 e. The Kier molecular flexibility index (Phi) is 5.63. The highest BCUT2D eigenvalue weighted by Gasteiger charge is 2.34. The number of hydrogen-bond donors (Lipinski definition) is 2. The van der Waals surface area contributed by atoms with Crippen molar-refractivity contribution in [3.63, 3.8) is 0 Å². The average molecular weight is 460 g/mol. The van der Waals surface area contributed by atoms with Gasteiger partial charge in [-0.25, -0.2) is 13.8 Å². The second-order valence-corrected chi connectivity index (χ2v) is 10.4. The van der Waals surface area contributed by atoms with E-state index in [1.54, 1.807) is 13.0 Å². The average Bonchev–Trinajstić information content (AvgIpc) is 3.49. The number of fused-ring (bicyclic) bond motifs is 2. The molecule has 3 aliphatic rings. The van der Waals surface area contributed by atoms with Gasteiger partial charge in [0.05, 0.1) is 11.7 Å². The molecule has 0 unspecified atom stereocenters. The zero-order valence-electron chi connectivity index (χ0n) is 18.3. The number of rotatable bonds is 5. The van der Waals surface area contributed by atoms with E-state index in [4.69, 9.17) is 9.15 Å². The quantitative estimate of drug-likeness (QED) is 0.711. The van der Waals surface area contributed by atoms with Gasteiger partial charge in [0.15, 0.2) is 0 Å². The van der Waals surface area contributed by atoms with Gasteiger partial charge in [0.1, 0.15) is 12.0 Å². The lowest BCUT2D eigenvalue weighted by Gasteiger charge is -2.33. The molecule has 172 valence electrons. The lowest BCUT2D eigenvalue weighted by atomic mass is 9.99. The van der Waals surface area contributed by atoms with Gasteiger partial charge in [-0.15, -0.1) is 0 Å². The van der Waals surface area contributed by atoms with E-state index >= 15 is 0 Å². The Morgan fingerprint density at radius 1 is 1.03 bits per heavy atom. The van der Waals surface area contributed by atoms with E-state index in [1.165, 1.54) is 21.7 Å². The number of nitrogens with one attached hydrogen (secondary N) is 2. The molecular formula is C23H29N3O5S. The van der Waals surface area contributed by atoms with Gasteiger partial charge in [-0.05, 0) is 80.5 Å². The summed E-state index contributed by atoms with van der Waals surface area (Å²) in [4.78, 5) is 13.0. The molecule has 1 saturated heterocycles. The first-order valence-corrected chi connectivity index (χ1v) is 12.8. The van der Waals surface area contributed by atoms with Crippen LogP contribution in [-0.2, 0) is 40.6 Å². The summed E-state index contributed by atoms with van der Waals surface area (Å²) in [6.07, 6.45) is 8.47. The molecule has 2 aromatic rings. The minimum absolute atomic E-state index is 0.309. The number of anilines is 2. The monoisotopic (exact) mass is 459 g/mol. The van der Waals surface area contributed by atoms with E-state index < -0.39 is 16.2 Å². The number of amides is 2. The third kappa shape index (κ3) is 3.99. The van der Waals surface area contributed by atoms with Crippen molar-refractivity contribution < 1.29 is 22.4 Å². The van der Waals surface area contributed by atoms with Gasteiger partial charge < -0.3 is 14.5 Å². The number of aryl methyl sites for hydroxylation is 3. The Labute approximate surface area is 188 Å². The molecule has 0 radical (unpaired) electrons. The molecule has 2 heterocycles. The van der Waals surface area contributed by atoms with E-state index in [-0.39, 0.29) is 6.04 Å². The first-order valence-electron chi connectivity index (χ1n) is 11.3. The number of ether oxygens (including phenoxy) is 1. The lowest BCUT2D eigenvalue weighted by molar-refractivity contribution is 0.0875. The normalized spacial score (nSPS) is 18.3. The number of hydrogen-bond acceptors (Lipinski definition) is 5. The number of nitrogens with zero attached hydrogens (tertiary/aromatic N) is 1. The molecule has 1 fully saturated rings. The molecular weight excluding hydrogens is 430 g/mol. The summed E-state index contributed by atoms with van der Waals surface area (Å²) in [5.41, 5.74) is 6.10. The van der Waals surface area contributed by atoms with Crippen molar-refractivity contribution in [1.82, 2.24) is 4.72 Å². The fourth-order valence-corrected chi connectivity index (χ4v) is 6.64. The molecule has 2 amide bonds. The highest BCUT2D eigenvalue weighted by Crippen LogP contribution is 2.38. The van der Waals surface area contributed by atoms with Gasteiger partial charge in [0.2, 0.25) is 0 Å². The maximum atomic E-state index is 13.4. The number of benzene rings is 1. The van der Waals surface area contributed by atoms with Crippen molar-refractivity contribution in [3.05, 3.63) is 46.4 Å². The van der Waals surface area contributed by atoms with Crippen LogP contribution >= 0.6 is 0 Å². The molecule has 0 saturated carbocycles. The van der Waals surface area contributed by atoms with Crippen LogP contribution in [0.15, 0.2) is 22.8 Å². The SMILES string of the molecule is Cc1cc(N(C2CCOCC2)S(=O)(=O)NC(=O)Nc2c3c(cc4c2CCC4)CCC3)co1. The van der Waals surface area contributed by atoms with E-state index in [0.29, 0.717) is 37.5 Å². The van der Waals surface area contributed by atoms with Gasteiger partial charge >= 0.3 is 16.2 Å². The molecule has 0 bridgehead atoms. The number of carbonyl (C=O) groups excluding carboxylic acids is 1. The van der Waals surface area contributed by atoms with Crippen molar-refractivity contribution in [2.75, 3.05) is 22.8 Å². The Hall–Kier alpha value is -2.52. The zero-order chi connectivity index (χ0) is 22.3. The second kappa shape index (κ2) is 8.44. The fraction of sp³-hybridized carbons (Fsp3) is 0.522. The molecule has 8 nitrogen and oxygen atoms in total.